The molecule has 84 valence electrons. The van der Waals surface area contributed by atoms with Crippen LogP contribution >= 0.6 is 11.8 Å². The Bertz CT molecular complexity index is 370. The first kappa shape index (κ1) is 12.6. The summed E-state index contributed by atoms with van der Waals surface area (Å²) in [5.41, 5.74) is 1.49. The van der Waals surface area contributed by atoms with E-state index in [4.69, 9.17) is 5.26 Å². The summed E-state index contributed by atoms with van der Waals surface area (Å²) in [6.45, 7) is 0. The number of aldehydes is 1. The number of thioether (sulfide) groups is 1. The zero-order valence-electron chi connectivity index (χ0n) is 9.14. The van der Waals surface area contributed by atoms with Gasteiger partial charge in [-0.15, -0.1) is 0 Å². The van der Waals surface area contributed by atoms with Crippen LogP contribution in [0, 0.1) is 11.3 Å². The van der Waals surface area contributed by atoms with Gasteiger partial charge in [-0.1, -0.05) is 0 Å². The van der Waals surface area contributed by atoms with Crippen LogP contribution in [-0.4, -0.2) is 24.3 Å². The number of nitrogens with zero attached hydrogens (tertiary/aromatic N) is 1. The topological polar surface area (TPSA) is 52.9 Å². The fraction of sp³-hybridized carbons (Fsp3) is 0.333. The van der Waals surface area contributed by atoms with Crippen LogP contribution in [0.2, 0.25) is 0 Å². The highest BCUT2D eigenvalue weighted by molar-refractivity contribution is 7.98. The lowest BCUT2D eigenvalue weighted by atomic mass is 10.2. The van der Waals surface area contributed by atoms with Gasteiger partial charge in [-0.2, -0.15) is 17.0 Å². The second-order valence-electron chi connectivity index (χ2n) is 3.36. The van der Waals surface area contributed by atoms with Crippen molar-refractivity contribution in [2.24, 2.45) is 0 Å². The fourth-order valence-corrected chi connectivity index (χ4v) is 1.76. The van der Waals surface area contributed by atoms with Gasteiger partial charge in [0.15, 0.2) is 0 Å². The molecule has 0 aromatic heterocycles. The van der Waals surface area contributed by atoms with Gasteiger partial charge in [0.1, 0.15) is 6.29 Å². The van der Waals surface area contributed by atoms with Gasteiger partial charge in [-0.3, -0.25) is 0 Å². The summed E-state index contributed by atoms with van der Waals surface area (Å²) in [5.74, 6) is 0.951. The third-order valence-electron chi connectivity index (χ3n) is 2.16. The molecule has 0 fully saturated rings. The van der Waals surface area contributed by atoms with E-state index in [-0.39, 0.29) is 6.04 Å². The third kappa shape index (κ3) is 3.95. The molecule has 16 heavy (non-hydrogen) atoms. The van der Waals surface area contributed by atoms with Crippen molar-refractivity contribution < 1.29 is 4.79 Å². The van der Waals surface area contributed by atoms with Gasteiger partial charge < -0.3 is 10.1 Å². The van der Waals surface area contributed by atoms with Crippen LogP contribution in [0.3, 0.4) is 0 Å². The number of carbonyl (C=O) groups excluding carboxylic acids is 1. The predicted octanol–water partition coefficient (Wildman–Crippen LogP) is 2.29. The number of carbonyl (C=O) groups is 1. The number of benzene rings is 1. The van der Waals surface area contributed by atoms with Crippen LogP contribution in [0.25, 0.3) is 0 Å². The highest BCUT2D eigenvalue weighted by Crippen LogP contribution is 2.11. The Hall–Kier alpha value is -1.47. The summed E-state index contributed by atoms with van der Waals surface area (Å²) in [4.78, 5) is 10.8. The molecule has 0 unspecified atom stereocenters. The van der Waals surface area contributed by atoms with E-state index in [1.807, 2.05) is 18.4 Å². The fourth-order valence-electron chi connectivity index (χ4n) is 1.27. The summed E-state index contributed by atoms with van der Waals surface area (Å²) in [6.07, 6.45) is 3.75. The smallest absolute Gasteiger partial charge is 0.142 e. The number of anilines is 1. The standard InChI is InChI=1S/C12H14N2OS/c1-16-7-6-12(9-15)14-11-4-2-10(8-13)3-5-11/h2-5,9,12,14H,6-7H2,1H3/t12-/m0/s1. The molecule has 1 aromatic rings. The molecule has 0 saturated heterocycles. The molecular weight excluding hydrogens is 220 g/mol. The van der Waals surface area contributed by atoms with Crippen LogP contribution in [0.15, 0.2) is 24.3 Å². The third-order valence-corrected chi connectivity index (χ3v) is 2.81. The van der Waals surface area contributed by atoms with E-state index >= 15 is 0 Å². The van der Waals surface area contributed by atoms with E-state index in [1.54, 1.807) is 23.9 Å². The SMILES string of the molecule is CSCC[C@@H](C=O)Nc1ccc(C#N)cc1. The predicted molar refractivity (Wildman–Crippen MR) is 67.6 cm³/mol. The number of rotatable bonds is 6. The molecule has 0 radical (unpaired) electrons. The van der Waals surface area contributed by atoms with Crippen LogP contribution in [0.1, 0.15) is 12.0 Å². The van der Waals surface area contributed by atoms with Crippen molar-refractivity contribution in [3.8, 4) is 6.07 Å². The van der Waals surface area contributed by atoms with Gasteiger partial charge in [0.05, 0.1) is 17.7 Å². The minimum absolute atomic E-state index is 0.152. The lowest BCUT2D eigenvalue weighted by Crippen LogP contribution is -2.21. The van der Waals surface area contributed by atoms with Gasteiger partial charge in [0.2, 0.25) is 0 Å². The van der Waals surface area contributed by atoms with Crippen molar-refractivity contribution in [2.75, 3.05) is 17.3 Å². The maximum absolute atomic E-state index is 10.8. The molecule has 1 N–H and O–H groups in total. The van der Waals surface area contributed by atoms with E-state index in [2.05, 4.69) is 11.4 Å². The van der Waals surface area contributed by atoms with Crippen LogP contribution < -0.4 is 5.32 Å². The Morgan fingerprint density at radius 1 is 1.50 bits per heavy atom. The Labute approximate surface area is 99.8 Å². The Morgan fingerprint density at radius 3 is 2.69 bits per heavy atom. The van der Waals surface area contributed by atoms with E-state index < -0.39 is 0 Å². The second-order valence-corrected chi connectivity index (χ2v) is 4.34. The number of nitrogens with one attached hydrogen (secondary N) is 1. The molecular formula is C12H14N2OS. The first-order valence-electron chi connectivity index (χ1n) is 5.01. The molecule has 1 atom stereocenters. The molecule has 0 amide bonds. The maximum Gasteiger partial charge on any atom is 0.142 e. The summed E-state index contributed by atoms with van der Waals surface area (Å²) in [5, 5.41) is 11.8. The average Bonchev–Trinajstić information content (AvgIpc) is 2.35. The van der Waals surface area contributed by atoms with Crippen molar-refractivity contribution in [3.05, 3.63) is 29.8 Å². The van der Waals surface area contributed by atoms with Crippen molar-refractivity contribution >= 4 is 23.7 Å². The van der Waals surface area contributed by atoms with Gasteiger partial charge in [-0.05, 0) is 42.7 Å². The second kappa shape index (κ2) is 6.91. The van der Waals surface area contributed by atoms with E-state index in [0.29, 0.717) is 5.56 Å². The van der Waals surface area contributed by atoms with Gasteiger partial charge in [0, 0.05) is 5.69 Å². The molecule has 3 nitrogen and oxygen atoms in total. The lowest BCUT2D eigenvalue weighted by molar-refractivity contribution is -0.108. The van der Waals surface area contributed by atoms with E-state index in [0.717, 1.165) is 24.1 Å². The normalized spacial score (nSPS) is 11.5. The molecule has 0 aliphatic heterocycles. The molecule has 0 bridgehead atoms. The average molecular weight is 234 g/mol. The zero-order valence-corrected chi connectivity index (χ0v) is 9.96. The van der Waals surface area contributed by atoms with Gasteiger partial charge in [0.25, 0.3) is 0 Å². The Kier molecular flexibility index (Phi) is 5.44. The summed E-state index contributed by atoms with van der Waals surface area (Å²) in [6, 6.07) is 9.00. The van der Waals surface area contributed by atoms with Crippen LogP contribution in [0.5, 0.6) is 0 Å². The number of hydrogen-bond donors (Lipinski definition) is 1. The maximum atomic E-state index is 10.8. The van der Waals surface area contributed by atoms with Crippen molar-refractivity contribution in [3.63, 3.8) is 0 Å². The quantitative estimate of drug-likeness (QED) is 0.767. The van der Waals surface area contributed by atoms with Gasteiger partial charge in [-0.25, -0.2) is 0 Å². The molecule has 4 heteroatoms. The van der Waals surface area contributed by atoms with E-state index in [9.17, 15) is 4.79 Å². The van der Waals surface area contributed by atoms with Crippen LogP contribution in [0.4, 0.5) is 5.69 Å². The van der Waals surface area contributed by atoms with Crippen LogP contribution in [-0.2, 0) is 4.79 Å². The zero-order chi connectivity index (χ0) is 11.8. The first-order chi connectivity index (χ1) is 7.80. The van der Waals surface area contributed by atoms with Gasteiger partial charge >= 0.3 is 0 Å². The molecule has 0 aliphatic carbocycles. The summed E-state index contributed by atoms with van der Waals surface area (Å²) in [7, 11) is 0. The van der Waals surface area contributed by atoms with E-state index in [1.165, 1.54) is 0 Å². The molecule has 0 aliphatic rings. The first-order valence-corrected chi connectivity index (χ1v) is 6.40. The highest BCUT2D eigenvalue weighted by atomic mass is 32.2. The number of hydrogen-bond acceptors (Lipinski definition) is 4. The summed E-state index contributed by atoms with van der Waals surface area (Å²) >= 11 is 1.72. The minimum Gasteiger partial charge on any atom is -0.376 e. The summed E-state index contributed by atoms with van der Waals surface area (Å²) < 4.78 is 0. The highest BCUT2D eigenvalue weighted by Gasteiger charge is 2.05. The molecule has 0 saturated carbocycles. The van der Waals surface area contributed by atoms with Crippen molar-refractivity contribution in [1.29, 1.82) is 5.26 Å². The lowest BCUT2D eigenvalue weighted by Gasteiger charge is -2.13. The number of nitriles is 1. The Balaban J connectivity index is 2.56. The molecule has 1 aromatic carbocycles. The molecule has 1 rings (SSSR count). The minimum atomic E-state index is -0.152. The van der Waals surface area contributed by atoms with Crippen molar-refractivity contribution in [2.45, 2.75) is 12.5 Å². The Morgan fingerprint density at radius 2 is 2.19 bits per heavy atom. The molecule has 0 spiro atoms. The van der Waals surface area contributed by atoms with Crippen molar-refractivity contribution in [1.82, 2.24) is 0 Å². The monoisotopic (exact) mass is 234 g/mol. The molecule has 0 heterocycles. The largest absolute Gasteiger partial charge is 0.376 e.